The van der Waals surface area contributed by atoms with Gasteiger partial charge in [0.25, 0.3) is 0 Å². The van der Waals surface area contributed by atoms with Gasteiger partial charge < -0.3 is 5.73 Å². The summed E-state index contributed by atoms with van der Waals surface area (Å²) in [6, 6.07) is 13.1. The molecule has 0 bridgehead atoms. The first-order valence-electron chi connectivity index (χ1n) is 8.65. The van der Waals surface area contributed by atoms with Gasteiger partial charge in [-0.3, -0.25) is 19.5 Å². The third kappa shape index (κ3) is 4.77. The number of pyridine rings is 1. The Hall–Kier alpha value is -3.39. The summed E-state index contributed by atoms with van der Waals surface area (Å²) in [5, 5.41) is -0.523. The molecule has 2 N–H and O–H groups in total. The number of anilines is 2. The van der Waals surface area contributed by atoms with E-state index in [9.17, 15) is 22.8 Å². The van der Waals surface area contributed by atoms with E-state index >= 15 is 0 Å². The summed E-state index contributed by atoms with van der Waals surface area (Å²) in [6.45, 7) is 0. The lowest BCUT2D eigenvalue weighted by Gasteiger charge is -2.23. The first-order valence-corrected chi connectivity index (χ1v) is 9.03. The summed E-state index contributed by atoms with van der Waals surface area (Å²) in [7, 11) is 0. The lowest BCUT2D eigenvalue weighted by molar-refractivity contribution is -0.137. The van der Waals surface area contributed by atoms with Gasteiger partial charge in [0.05, 0.1) is 16.3 Å². The number of rotatable bonds is 4. The molecule has 2 aromatic carbocycles. The number of alkyl halides is 3. The summed E-state index contributed by atoms with van der Waals surface area (Å²) in [5.74, 6) is -2.48. The second-order valence-corrected chi connectivity index (χ2v) is 6.77. The summed E-state index contributed by atoms with van der Waals surface area (Å²) in [6.07, 6.45) is -0.819. The average molecular weight is 434 g/mol. The highest BCUT2D eigenvalue weighted by Crippen LogP contribution is 2.38. The van der Waals surface area contributed by atoms with Crippen LogP contribution in [-0.4, -0.2) is 16.8 Å². The SMILES string of the molecule is NC(=O)C(=O)N(c1ccc(Cc2ccncc2)cc1)c1ccc(Cl)c(C(F)(F)F)c1. The minimum Gasteiger partial charge on any atom is -0.361 e. The third-order valence-electron chi connectivity index (χ3n) is 4.28. The second kappa shape index (κ2) is 8.54. The molecule has 30 heavy (non-hydrogen) atoms. The molecule has 0 aliphatic carbocycles. The van der Waals surface area contributed by atoms with Crippen molar-refractivity contribution in [3.05, 3.63) is 88.7 Å². The number of amides is 2. The van der Waals surface area contributed by atoms with E-state index in [1.165, 1.54) is 18.2 Å². The van der Waals surface area contributed by atoms with Crippen molar-refractivity contribution < 1.29 is 22.8 Å². The van der Waals surface area contributed by atoms with Gasteiger partial charge in [0, 0.05) is 18.1 Å². The molecule has 0 aliphatic rings. The molecule has 0 fully saturated rings. The minimum absolute atomic E-state index is 0.183. The van der Waals surface area contributed by atoms with E-state index in [-0.39, 0.29) is 11.4 Å². The zero-order chi connectivity index (χ0) is 21.9. The monoisotopic (exact) mass is 433 g/mol. The van der Waals surface area contributed by atoms with Crippen LogP contribution in [0, 0.1) is 0 Å². The summed E-state index contributed by atoms with van der Waals surface area (Å²) in [4.78, 5) is 28.7. The number of primary amides is 1. The lowest BCUT2D eigenvalue weighted by atomic mass is 10.1. The smallest absolute Gasteiger partial charge is 0.361 e. The summed E-state index contributed by atoms with van der Waals surface area (Å²) >= 11 is 5.65. The maximum atomic E-state index is 13.2. The van der Waals surface area contributed by atoms with Crippen molar-refractivity contribution in [1.29, 1.82) is 0 Å². The molecule has 0 atom stereocenters. The summed E-state index contributed by atoms with van der Waals surface area (Å²) < 4.78 is 39.7. The zero-order valence-electron chi connectivity index (χ0n) is 15.4. The van der Waals surface area contributed by atoms with Crippen molar-refractivity contribution in [3.63, 3.8) is 0 Å². The fraction of sp³-hybridized carbons (Fsp3) is 0.0952. The Balaban J connectivity index is 1.99. The van der Waals surface area contributed by atoms with Gasteiger partial charge in [0.15, 0.2) is 0 Å². The molecule has 0 saturated carbocycles. The van der Waals surface area contributed by atoms with Gasteiger partial charge in [-0.15, -0.1) is 0 Å². The maximum Gasteiger partial charge on any atom is 0.417 e. The minimum atomic E-state index is -4.73. The molecule has 2 amide bonds. The van der Waals surface area contributed by atoms with Crippen LogP contribution in [0.1, 0.15) is 16.7 Å². The molecule has 0 aliphatic heterocycles. The fourth-order valence-electron chi connectivity index (χ4n) is 2.86. The van der Waals surface area contributed by atoms with Crippen LogP contribution in [0.5, 0.6) is 0 Å². The van der Waals surface area contributed by atoms with Crippen molar-refractivity contribution >= 4 is 34.8 Å². The predicted molar refractivity (Wildman–Crippen MR) is 106 cm³/mol. The van der Waals surface area contributed by atoms with E-state index in [2.05, 4.69) is 4.98 Å². The molecular weight excluding hydrogens is 419 g/mol. The standard InChI is InChI=1S/C21H15ClF3N3O2/c22-18-6-5-16(12-17(18)21(23,24)25)28(20(30)19(26)29)15-3-1-13(2-4-15)11-14-7-9-27-10-8-14/h1-10,12H,11H2,(H2,26,29). The Labute approximate surface area is 174 Å². The van der Waals surface area contributed by atoms with Crippen LogP contribution in [0.15, 0.2) is 67.0 Å². The van der Waals surface area contributed by atoms with E-state index in [0.29, 0.717) is 12.5 Å². The molecule has 9 heteroatoms. The van der Waals surface area contributed by atoms with Crippen LogP contribution in [0.2, 0.25) is 5.02 Å². The average Bonchev–Trinajstić information content (AvgIpc) is 2.70. The molecule has 0 spiro atoms. The Morgan fingerprint density at radius 2 is 1.50 bits per heavy atom. The number of carbonyl (C=O) groups excluding carboxylic acids is 2. The van der Waals surface area contributed by atoms with Gasteiger partial charge in [-0.2, -0.15) is 13.2 Å². The highest BCUT2D eigenvalue weighted by atomic mass is 35.5. The Morgan fingerprint density at radius 1 is 0.933 bits per heavy atom. The van der Waals surface area contributed by atoms with E-state index < -0.39 is 28.6 Å². The van der Waals surface area contributed by atoms with Gasteiger partial charge in [-0.25, -0.2) is 0 Å². The molecule has 3 rings (SSSR count). The normalized spacial score (nSPS) is 11.2. The first-order chi connectivity index (χ1) is 14.2. The molecule has 3 aromatic rings. The van der Waals surface area contributed by atoms with Gasteiger partial charge in [0.2, 0.25) is 0 Å². The first kappa shape index (κ1) is 21.3. The number of aromatic nitrogens is 1. The fourth-order valence-corrected chi connectivity index (χ4v) is 3.09. The van der Waals surface area contributed by atoms with Crippen molar-refractivity contribution in [2.75, 3.05) is 4.90 Å². The predicted octanol–water partition coefficient (Wildman–Crippen LogP) is 4.49. The van der Waals surface area contributed by atoms with E-state index in [0.717, 1.165) is 22.1 Å². The molecule has 154 valence electrons. The number of hydrogen-bond acceptors (Lipinski definition) is 3. The molecule has 1 heterocycles. The summed E-state index contributed by atoms with van der Waals surface area (Å²) in [5.41, 5.74) is 5.89. The largest absolute Gasteiger partial charge is 0.417 e. The third-order valence-corrected chi connectivity index (χ3v) is 4.61. The number of halogens is 4. The van der Waals surface area contributed by atoms with Crippen LogP contribution in [0.4, 0.5) is 24.5 Å². The van der Waals surface area contributed by atoms with Crippen molar-refractivity contribution in [1.82, 2.24) is 4.98 Å². The molecule has 1 aromatic heterocycles. The zero-order valence-corrected chi connectivity index (χ0v) is 16.1. The number of hydrogen-bond donors (Lipinski definition) is 1. The van der Waals surface area contributed by atoms with E-state index in [1.807, 2.05) is 12.1 Å². The van der Waals surface area contributed by atoms with E-state index in [1.54, 1.807) is 24.5 Å². The number of benzene rings is 2. The van der Waals surface area contributed by atoms with Crippen molar-refractivity contribution in [3.8, 4) is 0 Å². The quantitative estimate of drug-likeness (QED) is 0.616. The Bertz CT molecular complexity index is 1070. The van der Waals surface area contributed by atoms with E-state index in [4.69, 9.17) is 17.3 Å². The molecule has 0 radical (unpaired) electrons. The Kier molecular flexibility index (Phi) is 6.07. The maximum absolute atomic E-state index is 13.2. The van der Waals surface area contributed by atoms with Crippen LogP contribution in [-0.2, 0) is 22.2 Å². The van der Waals surface area contributed by atoms with Gasteiger partial charge in [-0.05, 0) is 60.0 Å². The van der Waals surface area contributed by atoms with Gasteiger partial charge in [0.1, 0.15) is 0 Å². The second-order valence-electron chi connectivity index (χ2n) is 6.37. The highest BCUT2D eigenvalue weighted by Gasteiger charge is 2.34. The van der Waals surface area contributed by atoms with Crippen LogP contribution < -0.4 is 10.6 Å². The molecular formula is C21H15ClF3N3O2. The number of nitrogens with two attached hydrogens (primary N) is 1. The van der Waals surface area contributed by atoms with Crippen molar-refractivity contribution in [2.24, 2.45) is 5.73 Å². The molecule has 0 unspecified atom stereocenters. The van der Waals surface area contributed by atoms with Crippen LogP contribution in [0.25, 0.3) is 0 Å². The molecule has 0 saturated heterocycles. The van der Waals surface area contributed by atoms with Crippen LogP contribution in [0.3, 0.4) is 0 Å². The van der Waals surface area contributed by atoms with Gasteiger partial charge in [-0.1, -0.05) is 23.7 Å². The highest BCUT2D eigenvalue weighted by molar-refractivity contribution is 6.41. The van der Waals surface area contributed by atoms with Crippen molar-refractivity contribution in [2.45, 2.75) is 12.6 Å². The lowest BCUT2D eigenvalue weighted by Crippen LogP contribution is -2.37. The Morgan fingerprint density at radius 3 is 2.07 bits per heavy atom. The molecule has 5 nitrogen and oxygen atoms in total. The number of carbonyl (C=O) groups is 2. The van der Waals surface area contributed by atoms with Crippen LogP contribution >= 0.6 is 11.6 Å². The van der Waals surface area contributed by atoms with Gasteiger partial charge >= 0.3 is 18.0 Å². The topological polar surface area (TPSA) is 76.3 Å². The number of nitrogens with zero attached hydrogens (tertiary/aromatic N) is 2.